The minimum absolute atomic E-state index is 0. The van der Waals surface area contributed by atoms with E-state index in [2.05, 4.69) is 12.2 Å². The van der Waals surface area contributed by atoms with E-state index in [1.165, 1.54) is 19.3 Å². The third-order valence-electron chi connectivity index (χ3n) is 3.74. The molecule has 0 aromatic heterocycles. The Labute approximate surface area is 121 Å². The molecule has 1 aromatic carbocycles. The molecule has 3 N–H and O–H groups in total. The average Bonchev–Trinajstić information content (AvgIpc) is 2.32. The highest BCUT2D eigenvalue weighted by Gasteiger charge is 2.28. The van der Waals surface area contributed by atoms with Crippen molar-refractivity contribution in [3.05, 3.63) is 29.8 Å². The van der Waals surface area contributed by atoms with Crippen LogP contribution in [0, 0.1) is 0 Å². The molecule has 1 aliphatic carbocycles. The van der Waals surface area contributed by atoms with E-state index in [0.717, 1.165) is 24.1 Å². The van der Waals surface area contributed by atoms with E-state index in [4.69, 9.17) is 5.73 Å². The minimum Gasteiger partial charge on any atom is -0.399 e. The first kappa shape index (κ1) is 15.8. The van der Waals surface area contributed by atoms with Crippen molar-refractivity contribution in [2.45, 2.75) is 51.0 Å². The zero-order valence-electron chi connectivity index (χ0n) is 11.4. The van der Waals surface area contributed by atoms with Gasteiger partial charge in [0.2, 0.25) is 5.91 Å². The van der Waals surface area contributed by atoms with Gasteiger partial charge >= 0.3 is 0 Å². The first-order valence-electron chi connectivity index (χ1n) is 6.73. The number of halogens is 1. The zero-order chi connectivity index (χ0) is 13.0. The largest absolute Gasteiger partial charge is 0.399 e. The first-order chi connectivity index (χ1) is 8.57. The molecule has 0 saturated heterocycles. The molecule has 4 heteroatoms. The number of benzene rings is 1. The van der Waals surface area contributed by atoms with Crippen LogP contribution in [-0.4, -0.2) is 11.4 Å². The molecule has 1 aromatic rings. The van der Waals surface area contributed by atoms with Crippen LogP contribution in [-0.2, 0) is 11.2 Å². The first-order valence-corrected chi connectivity index (χ1v) is 6.73. The second-order valence-corrected chi connectivity index (χ2v) is 5.59. The number of amides is 1. The summed E-state index contributed by atoms with van der Waals surface area (Å²) in [6, 6.07) is 7.51. The van der Waals surface area contributed by atoms with E-state index in [1.807, 2.05) is 24.3 Å². The fraction of sp³-hybridized carbons (Fsp3) is 0.533. The molecule has 0 radical (unpaired) electrons. The maximum absolute atomic E-state index is 12.0. The molecular weight excluding hydrogens is 260 g/mol. The Morgan fingerprint density at radius 3 is 2.37 bits per heavy atom. The van der Waals surface area contributed by atoms with Gasteiger partial charge in [-0.1, -0.05) is 31.4 Å². The van der Waals surface area contributed by atoms with E-state index in [9.17, 15) is 4.79 Å². The Bertz CT molecular complexity index is 411. The van der Waals surface area contributed by atoms with Gasteiger partial charge in [0.25, 0.3) is 0 Å². The topological polar surface area (TPSA) is 55.1 Å². The Morgan fingerprint density at radius 2 is 1.79 bits per heavy atom. The lowest BCUT2D eigenvalue weighted by atomic mass is 9.83. The summed E-state index contributed by atoms with van der Waals surface area (Å²) in [5.74, 6) is 0.115. The van der Waals surface area contributed by atoms with E-state index < -0.39 is 0 Å². The van der Waals surface area contributed by atoms with Crippen LogP contribution in [0.3, 0.4) is 0 Å². The van der Waals surface area contributed by atoms with Crippen LogP contribution in [0.4, 0.5) is 5.69 Å². The lowest BCUT2D eigenvalue weighted by molar-refractivity contribution is -0.122. The van der Waals surface area contributed by atoms with Gasteiger partial charge in [0.05, 0.1) is 6.42 Å². The van der Waals surface area contributed by atoms with E-state index >= 15 is 0 Å². The Balaban J connectivity index is 0.00000180. The van der Waals surface area contributed by atoms with Crippen molar-refractivity contribution in [1.82, 2.24) is 5.32 Å². The highest BCUT2D eigenvalue weighted by molar-refractivity contribution is 5.85. The van der Waals surface area contributed by atoms with Crippen LogP contribution in [0.2, 0.25) is 0 Å². The highest BCUT2D eigenvalue weighted by atomic mass is 35.5. The van der Waals surface area contributed by atoms with Gasteiger partial charge in [-0.2, -0.15) is 0 Å². The molecule has 0 atom stereocenters. The maximum atomic E-state index is 12.0. The molecule has 3 nitrogen and oxygen atoms in total. The second kappa shape index (κ2) is 6.80. The summed E-state index contributed by atoms with van der Waals surface area (Å²) in [4.78, 5) is 12.0. The average molecular weight is 283 g/mol. The number of hydrogen-bond acceptors (Lipinski definition) is 2. The maximum Gasteiger partial charge on any atom is 0.224 e. The summed E-state index contributed by atoms with van der Waals surface area (Å²) in [6.45, 7) is 2.16. The lowest BCUT2D eigenvalue weighted by Crippen LogP contribution is -2.47. The van der Waals surface area contributed by atoms with Crippen LogP contribution < -0.4 is 11.1 Å². The SMILES string of the molecule is CC1(NC(=O)Cc2ccc(N)cc2)CCCCC1.Cl. The molecule has 0 unspecified atom stereocenters. The van der Waals surface area contributed by atoms with Crippen molar-refractivity contribution in [2.75, 3.05) is 5.73 Å². The number of nitrogens with one attached hydrogen (secondary N) is 1. The number of carbonyl (C=O) groups is 1. The standard InChI is InChI=1S/C15H22N2O.ClH/c1-15(9-3-2-4-10-15)17-14(18)11-12-5-7-13(16)8-6-12;/h5-8H,2-4,9-11,16H2,1H3,(H,17,18);1H. The number of rotatable bonds is 3. The second-order valence-electron chi connectivity index (χ2n) is 5.59. The van der Waals surface area contributed by atoms with Gasteiger partial charge in [0, 0.05) is 11.2 Å². The summed E-state index contributed by atoms with van der Waals surface area (Å²) in [6.07, 6.45) is 6.37. The van der Waals surface area contributed by atoms with Gasteiger partial charge in [0.1, 0.15) is 0 Å². The fourth-order valence-corrected chi connectivity index (χ4v) is 2.66. The summed E-state index contributed by atoms with van der Waals surface area (Å²) < 4.78 is 0. The van der Waals surface area contributed by atoms with E-state index in [1.54, 1.807) is 0 Å². The van der Waals surface area contributed by atoms with Crippen LogP contribution in [0.5, 0.6) is 0 Å². The van der Waals surface area contributed by atoms with E-state index in [-0.39, 0.29) is 23.9 Å². The molecular formula is C15H23ClN2O. The molecule has 2 rings (SSSR count). The lowest BCUT2D eigenvalue weighted by Gasteiger charge is -2.34. The molecule has 0 bridgehead atoms. The number of nitrogens with two attached hydrogens (primary N) is 1. The summed E-state index contributed by atoms with van der Waals surface area (Å²) >= 11 is 0. The van der Waals surface area contributed by atoms with Crippen LogP contribution in [0.1, 0.15) is 44.6 Å². The number of nitrogen functional groups attached to an aromatic ring is 1. The highest BCUT2D eigenvalue weighted by Crippen LogP contribution is 2.27. The monoisotopic (exact) mass is 282 g/mol. The van der Waals surface area contributed by atoms with Gasteiger partial charge in [-0.05, 0) is 37.5 Å². The summed E-state index contributed by atoms with van der Waals surface area (Å²) in [5.41, 5.74) is 7.38. The molecule has 0 spiro atoms. The Morgan fingerprint density at radius 1 is 1.21 bits per heavy atom. The van der Waals surface area contributed by atoms with Crippen molar-refractivity contribution in [3.8, 4) is 0 Å². The number of anilines is 1. The summed E-state index contributed by atoms with van der Waals surface area (Å²) in [5, 5.41) is 3.19. The number of carbonyl (C=O) groups excluding carboxylic acids is 1. The van der Waals surface area contributed by atoms with Gasteiger partial charge < -0.3 is 11.1 Å². The molecule has 1 fully saturated rings. The predicted octanol–water partition coefficient (Wildman–Crippen LogP) is 3.07. The Kier molecular flexibility index (Phi) is 5.67. The van der Waals surface area contributed by atoms with Gasteiger partial charge in [-0.15, -0.1) is 12.4 Å². The third-order valence-corrected chi connectivity index (χ3v) is 3.74. The zero-order valence-corrected chi connectivity index (χ0v) is 12.3. The normalized spacial score (nSPS) is 17.3. The predicted molar refractivity (Wildman–Crippen MR) is 81.4 cm³/mol. The fourth-order valence-electron chi connectivity index (χ4n) is 2.66. The molecule has 0 heterocycles. The van der Waals surface area contributed by atoms with Crippen LogP contribution in [0.25, 0.3) is 0 Å². The van der Waals surface area contributed by atoms with E-state index in [0.29, 0.717) is 6.42 Å². The molecule has 1 aliphatic rings. The molecule has 1 saturated carbocycles. The van der Waals surface area contributed by atoms with Crippen molar-refractivity contribution in [1.29, 1.82) is 0 Å². The van der Waals surface area contributed by atoms with Crippen LogP contribution in [0.15, 0.2) is 24.3 Å². The quantitative estimate of drug-likeness (QED) is 0.837. The van der Waals surface area contributed by atoms with Crippen molar-refractivity contribution < 1.29 is 4.79 Å². The van der Waals surface area contributed by atoms with Gasteiger partial charge in [-0.25, -0.2) is 0 Å². The number of hydrogen-bond donors (Lipinski definition) is 2. The van der Waals surface area contributed by atoms with Crippen LogP contribution >= 0.6 is 12.4 Å². The molecule has 106 valence electrons. The van der Waals surface area contributed by atoms with Crippen molar-refractivity contribution in [3.63, 3.8) is 0 Å². The summed E-state index contributed by atoms with van der Waals surface area (Å²) in [7, 11) is 0. The molecule has 1 amide bonds. The van der Waals surface area contributed by atoms with Gasteiger partial charge in [-0.3, -0.25) is 4.79 Å². The smallest absolute Gasteiger partial charge is 0.224 e. The van der Waals surface area contributed by atoms with Gasteiger partial charge in [0.15, 0.2) is 0 Å². The Hall–Kier alpha value is -1.22. The minimum atomic E-state index is 0. The molecule has 19 heavy (non-hydrogen) atoms. The third kappa shape index (κ3) is 4.75. The van der Waals surface area contributed by atoms with Crippen molar-refractivity contribution in [2.24, 2.45) is 0 Å². The molecule has 0 aliphatic heterocycles. The van der Waals surface area contributed by atoms with Crippen molar-refractivity contribution >= 4 is 24.0 Å².